The van der Waals surface area contributed by atoms with Crippen LogP contribution in [-0.4, -0.2) is 23.8 Å². The molecular formula is C14H14ClF3N2O2. The Bertz CT molecular complexity index is 590. The van der Waals surface area contributed by atoms with Gasteiger partial charge in [0.1, 0.15) is 0 Å². The van der Waals surface area contributed by atoms with Gasteiger partial charge >= 0.3 is 12.2 Å². The molecule has 0 bridgehead atoms. The Morgan fingerprint density at radius 3 is 2.68 bits per heavy atom. The van der Waals surface area contributed by atoms with Crippen molar-refractivity contribution in [1.29, 1.82) is 0 Å². The number of carbonyl (C=O) groups is 1. The van der Waals surface area contributed by atoms with Gasteiger partial charge in [0.15, 0.2) is 0 Å². The lowest BCUT2D eigenvalue weighted by atomic mass is 10.1. The van der Waals surface area contributed by atoms with Crippen molar-refractivity contribution in [2.45, 2.75) is 18.6 Å². The molecule has 3 N–H and O–H groups in total. The van der Waals surface area contributed by atoms with Crippen LogP contribution in [0.3, 0.4) is 0 Å². The topological polar surface area (TPSA) is 61.4 Å². The number of benzene rings is 1. The molecule has 0 unspecified atom stereocenters. The van der Waals surface area contributed by atoms with Gasteiger partial charge in [-0.1, -0.05) is 23.8 Å². The number of halogens is 4. The highest BCUT2D eigenvalue weighted by atomic mass is 35.5. The summed E-state index contributed by atoms with van der Waals surface area (Å²) in [6, 6.07) is 2.27. The number of hydrogen-bond acceptors (Lipinski definition) is 2. The van der Waals surface area contributed by atoms with Crippen LogP contribution in [0.5, 0.6) is 0 Å². The minimum Gasteiger partial charge on any atom is -0.396 e. The maximum absolute atomic E-state index is 12.7. The smallest absolute Gasteiger partial charge is 0.396 e. The number of anilines is 1. The number of alkyl halides is 3. The van der Waals surface area contributed by atoms with Gasteiger partial charge in [0.25, 0.3) is 0 Å². The molecule has 0 radical (unpaired) electrons. The Hall–Kier alpha value is -1.73. The second-order valence-electron chi connectivity index (χ2n) is 4.96. The van der Waals surface area contributed by atoms with Gasteiger partial charge in [0.2, 0.25) is 0 Å². The van der Waals surface area contributed by atoms with Crippen LogP contribution in [0.25, 0.3) is 0 Å². The van der Waals surface area contributed by atoms with E-state index in [1.807, 2.05) is 0 Å². The van der Waals surface area contributed by atoms with Crippen molar-refractivity contribution in [3.8, 4) is 0 Å². The van der Waals surface area contributed by atoms with Gasteiger partial charge < -0.3 is 15.7 Å². The first-order chi connectivity index (χ1) is 10.3. The van der Waals surface area contributed by atoms with E-state index in [2.05, 4.69) is 10.6 Å². The van der Waals surface area contributed by atoms with E-state index in [0.29, 0.717) is 6.42 Å². The van der Waals surface area contributed by atoms with Gasteiger partial charge in [-0.25, -0.2) is 4.79 Å². The summed E-state index contributed by atoms with van der Waals surface area (Å²) in [6.07, 6.45) is -0.509. The SMILES string of the molecule is O=C(Nc1ccc(Cl)c(C(F)(F)F)c1)N[C@@H]1C=C[C@H](CO)C1. The van der Waals surface area contributed by atoms with Gasteiger partial charge in [-0.3, -0.25) is 0 Å². The van der Waals surface area contributed by atoms with E-state index in [0.717, 1.165) is 12.1 Å². The lowest BCUT2D eigenvalue weighted by molar-refractivity contribution is -0.137. The third kappa shape index (κ3) is 4.14. The molecule has 0 aromatic heterocycles. The quantitative estimate of drug-likeness (QED) is 0.742. The highest BCUT2D eigenvalue weighted by Crippen LogP contribution is 2.36. The number of amides is 2. The first-order valence-corrected chi connectivity index (χ1v) is 6.91. The molecule has 0 saturated heterocycles. The summed E-state index contributed by atoms with van der Waals surface area (Å²) in [5.74, 6) is -0.0161. The van der Waals surface area contributed by atoms with Gasteiger partial charge in [0.05, 0.1) is 10.6 Å². The fraction of sp³-hybridized carbons (Fsp3) is 0.357. The molecule has 0 aliphatic heterocycles. The summed E-state index contributed by atoms with van der Waals surface area (Å²) in [7, 11) is 0. The van der Waals surface area contributed by atoms with E-state index < -0.39 is 22.8 Å². The molecule has 0 fully saturated rings. The van der Waals surface area contributed by atoms with Crippen LogP contribution in [-0.2, 0) is 6.18 Å². The predicted molar refractivity (Wildman–Crippen MR) is 76.7 cm³/mol. The predicted octanol–water partition coefficient (Wildman–Crippen LogP) is 3.42. The molecule has 1 aliphatic carbocycles. The monoisotopic (exact) mass is 334 g/mol. The van der Waals surface area contributed by atoms with Crippen molar-refractivity contribution in [2.24, 2.45) is 5.92 Å². The average Bonchev–Trinajstić information content (AvgIpc) is 2.87. The fourth-order valence-corrected chi connectivity index (χ4v) is 2.40. The van der Waals surface area contributed by atoms with Crippen molar-refractivity contribution >= 4 is 23.3 Å². The van der Waals surface area contributed by atoms with E-state index >= 15 is 0 Å². The largest absolute Gasteiger partial charge is 0.417 e. The summed E-state index contributed by atoms with van der Waals surface area (Å²) in [5.41, 5.74) is -1.01. The van der Waals surface area contributed by atoms with Crippen LogP contribution in [0.2, 0.25) is 5.02 Å². The second kappa shape index (κ2) is 6.58. The summed E-state index contributed by atoms with van der Waals surface area (Å²) >= 11 is 5.51. The zero-order valence-electron chi connectivity index (χ0n) is 11.3. The summed E-state index contributed by atoms with van der Waals surface area (Å²) in [5, 5.41) is 13.5. The third-order valence-electron chi connectivity index (χ3n) is 3.25. The van der Waals surface area contributed by atoms with E-state index in [4.69, 9.17) is 16.7 Å². The minimum absolute atomic E-state index is 0.00471. The van der Waals surface area contributed by atoms with Crippen molar-refractivity contribution in [3.05, 3.63) is 40.9 Å². The zero-order chi connectivity index (χ0) is 16.3. The second-order valence-corrected chi connectivity index (χ2v) is 5.37. The number of rotatable bonds is 3. The van der Waals surface area contributed by atoms with Crippen LogP contribution < -0.4 is 10.6 Å². The van der Waals surface area contributed by atoms with E-state index in [1.54, 1.807) is 12.2 Å². The summed E-state index contributed by atoms with van der Waals surface area (Å²) in [6.45, 7) is -0.0115. The molecule has 1 aromatic rings. The van der Waals surface area contributed by atoms with Crippen LogP contribution in [0.15, 0.2) is 30.4 Å². The number of nitrogens with one attached hydrogen (secondary N) is 2. The molecule has 8 heteroatoms. The van der Waals surface area contributed by atoms with Crippen LogP contribution in [0.1, 0.15) is 12.0 Å². The van der Waals surface area contributed by atoms with Crippen LogP contribution in [0.4, 0.5) is 23.7 Å². The Morgan fingerprint density at radius 2 is 2.09 bits per heavy atom. The number of carbonyl (C=O) groups excluding carboxylic acids is 1. The van der Waals surface area contributed by atoms with Crippen molar-refractivity contribution in [2.75, 3.05) is 11.9 Å². The standard InChI is InChI=1S/C14H14ClF3N2O2/c15-12-4-3-10(6-11(12)14(16,17)18)20-13(22)19-9-2-1-8(5-9)7-21/h1-4,6,8-9,21H,5,7H2,(H2,19,20,22)/t8-,9+/m0/s1. The third-order valence-corrected chi connectivity index (χ3v) is 3.58. The maximum Gasteiger partial charge on any atom is 0.417 e. The lowest BCUT2D eigenvalue weighted by Crippen LogP contribution is -2.36. The number of urea groups is 1. The molecule has 4 nitrogen and oxygen atoms in total. The molecule has 0 saturated carbocycles. The van der Waals surface area contributed by atoms with Gasteiger partial charge in [-0.2, -0.15) is 13.2 Å². The van der Waals surface area contributed by atoms with Crippen LogP contribution in [0, 0.1) is 5.92 Å². The lowest BCUT2D eigenvalue weighted by Gasteiger charge is -2.15. The van der Waals surface area contributed by atoms with E-state index in [9.17, 15) is 18.0 Å². The molecule has 1 aliphatic rings. The van der Waals surface area contributed by atoms with Crippen molar-refractivity contribution in [1.82, 2.24) is 5.32 Å². The first kappa shape index (κ1) is 16.6. The Morgan fingerprint density at radius 1 is 1.36 bits per heavy atom. The summed E-state index contributed by atoms with van der Waals surface area (Å²) < 4.78 is 38.2. The molecule has 1 aromatic carbocycles. The first-order valence-electron chi connectivity index (χ1n) is 6.53. The number of aliphatic hydroxyl groups excluding tert-OH is 1. The Balaban J connectivity index is 1.99. The number of aliphatic hydroxyl groups is 1. The molecule has 0 heterocycles. The molecule has 120 valence electrons. The maximum atomic E-state index is 12.7. The highest BCUT2D eigenvalue weighted by molar-refractivity contribution is 6.31. The number of hydrogen-bond donors (Lipinski definition) is 3. The molecular weight excluding hydrogens is 321 g/mol. The normalized spacial score (nSPS) is 21.0. The zero-order valence-corrected chi connectivity index (χ0v) is 12.1. The van der Waals surface area contributed by atoms with Gasteiger partial charge in [0, 0.05) is 24.3 Å². The van der Waals surface area contributed by atoms with Crippen molar-refractivity contribution < 1.29 is 23.1 Å². The minimum atomic E-state index is -4.59. The molecule has 22 heavy (non-hydrogen) atoms. The molecule has 2 rings (SSSR count). The van der Waals surface area contributed by atoms with Gasteiger partial charge in [-0.15, -0.1) is 0 Å². The average molecular weight is 335 g/mol. The molecule has 2 amide bonds. The van der Waals surface area contributed by atoms with E-state index in [1.165, 1.54) is 6.07 Å². The highest BCUT2D eigenvalue weighted by Gasteiger charge is 2.33. The van der Waals surface area contributed by atoms with E-state index in [-0.39, 0.29) is 24.3 Å². The van der Waals surface area contributed by atoms with Crippen molar-refractivity contribution in [3.63, 3.8) is 0 Å². The molecule has 2 atom stereocenters. The van der Waals surface area contributed by atoms with Gasteiger partial charge in [-0.05, 0) is 24.6 Å². The fourth-order valence-electron chi connectivity index (χ4n) is 2.17. The van der Waals surface area contributed by atoms with Crippen LogP contribution >= 0.6 is 11.6 Å². The Labute approximate surface area is 130 Å². The molecule has 0 spiro atoms. The Kier molecular flexibility index (Phi) is 4.97. The summed E-state index contributed by atoms with van der Waals surface area (Å²) in [4.78, 5) is 11.8.